The molecule has 170 valence electrons. The molecule has 2 aromatic rings. The van der Waals surface area contributed by atoms with Gasteiger partial charge in [0, 0.05) is 11.1 Å². The summed E-state index contributed by atoms with van der Waals surface area (Å²) < 4.78 is 5.29. The monoisotopic (exact) mass is 442 g/mol. The van der Waals surface area contributed by atoms with Crippen molar-refractivity contribution in [3.05, 3.63) is 65.2 Å². The van der Waals surface area contributed by atoms with E-state index in [1.54, 1.807) is 31.2 Å². The zero-order valence-corrected chi connectivity index (χ0v) is 17.8. The molecule has 4 N–H and O–H groups in total. The Kier molecular flexibility index (Phi) is 7.12. The van der Waals surface area contributed by atoms with Gasteiger partial charge >= 0.3 is 5.97 Å². The Bertz CT molecular complexity index is 995. The molecule has 9 nitrogen and oxygen atoms in total. The van der Waals surface area contributed by atoms with Gasteiger partial charge in [-0.05, 0) is 38.0 Å². The predicted octanol–water partition coefficient (Wildman–Crippen LogP) is 1.06. The van der Waals surface area contributed by atoms with Gasteiger partial charge in [0.2, 0.25) is 0 Å². The molecular weight excluding hydrogens is 416 g/mol. The average molecular weight is 442 g/mol. The van der Waals surface area contributed by atoms with Gasteiger partial charge in [0.1, 0.15) is 12.5 Å². The number of aliphatic hydroxyl groups is 1. The van der Waals surface area contributed by atoms with Crippen molar-refractivity contribution in [1.29, 1.82) is 0 Å². The van der Waals surface area contributed by atoms with E-state index in [2.05, 4.69) is 5.32 Å². The van der Waals surface area contributed by atoms with E-state index >= 15 is 0 Å². The molecule has 1 aliphatic rings. The number of benzene rings is 2. The molecule has 0 saturated carbocycles. The van der Waals surface area contributed by atoms with Gasteiger partial charge in [0.25, 0.3) is 11.8 Å². The van der Waals surface area contributed by atoms with Crippen molar-refractivity contribution in [3.8, 4) is 5.75 Å². The number of hydrogen-bond acceptors (Lipinski definition) is 6. The van der Waals surface area contributed by atoms with Crippen molar-refractivity contribution in [1.82, 2.24) is 10.2 Å². The number of hydrogen-bond donors (Lipinski definition) is 4. The first-order valence-electron chi connectivity index (χ1n) is 10.2. The molecule has 1 heterocycles. The summed E-state index contributed by atoms with van der Waals surface area (Å²) in [5.41, 5.74) is 1.32. The molecule has 0 aliphatic carbocycles. The minimum absolute atomic E-state index is 0.0543. The van der Waals surface area contributed by atoms with E-state index in [0.29, 0.717) is 5.56 Å². The number of carboxylic acids is 1. The lowest BCUT2D eigenvalue weighted by molar-refractivity contribution is -0.153. The average Bonchev–Trinajstić information content (AvgIpc) is 3.16. The second-order valence-corrected chi connectivity index (χ2v) is 7.76. The first-order valence-corrected chi connectivity index (χ1v) is 10.2. The number of rotatable bonds is 7. The number of carbonyl (C=O) groups is 3. The van der Waals surface area contributed by atoms with Crippen molar-refractivity contribution >= 4 is 17.8 Å². The smallest absolute Gasteiger partial charge is 0.329 e. The number of nitrogens with one attached hydrogen (secondary N) is 1. The third-order valence-electron chi connectivity index (χ3n) is 5.59. The summed E-state index contributed by atoms with van der Waals surface area (Å²) in [5.74, 6) is -2.72. The van der Waals surface area contributed by atoms with Crippen molar-refractivity contribution in [2.45, 2.75) is 44.6 Å². The van der Waals surface area contributed by atoms with E-state index in [4.69, 9.17) is 4.74 Å². The number of aliphatic hydroxyl groups excluding tert-OH is 1. The van der Waals surface area contributed by atoms with E-state index in [0.717, 1.165) is 10.5 Å². The molecule has 1 saturated heterocycles. The van der Waals surface area contributed by atoms with Gasteiger partial charge < -0.3 is 30.3 Å². The summed E-state index contributed by atoms with van der Waals surface area (Å²) in [7, 11) is 0. The molecule has 0 aromatic heterocycles. The second-order valence-electron chi connectivity index (χ2n) is 7.76. The van der Waals surface area contributed by atoms with Crippen LogP contribution in [0, 0.1) is 6.92 Å². The normalized spacial score (nSPS) is 19.9. The van der Waals surface area contributed by atoms with Crippen LogP contribution >= 0.6 is 0 Å². The molecule has 9 heteroatoms. The summed E-state index contributed by atoms with van der Waals surface area (Å²) >= 11 is 0. The Morgan fingerprint density at radius 3 is 2.50 bits per heavy atom. The van der Waals surface area contributed by atoms with Crippen LogP contribution in [0.25, 0.3) is 0 Å². The summed E-state index contributed by atoms with van der Waals surface area (Å²) in [6.45, 7) is 2.84. The van der Waals surface area contributed by atoms with Gasteiger partial charge in [-0.25, -0.2) is 4.79 Å². The van der Waals surface area contributed by atoms with E-state index in [1.165, 1.54) is 25.1 Å². The van der Waals surface area contributed by atoms with Crippen LogP contribution in [0.3, 0.4) is 0 Å². The Labute approximate surface area is 185 Å². The molecule has 0 radical (unpaired) electrons. The standard InChI is InChI=1S/C23H26N2O7/c1-13-16(9-6-10-18(13)26)21(28)24-17(11-15-7-4-3-5-8-15)20(27)22(29)25-12-32-14(2)19(25)23(30)31/h3-10,14,17,19-20,26-27H,11-12H2,1-2H3,(H,24,28)(H,30,31)/t14-,17+,19+,20+/m1/s1. The summed E-state index contributed by atoms with van der Waals surface area (Å²) in [5, 5.41) is 32.9. The Hall–Kier alpha value is -3.43. The summed E-state index contributed by atoms with van der Waals surface area (Å²) in [6.07, 6.45) is -2.33. The van der Waals surface area contributed by atoms with Crippen molar-refractivity contribution in [2.24, 2.45) is 0 Å². The molecular formula is C23H26N2O7. The first kappa shape index (κ1) is 23.2. The minimum atomic E-state index is -1.72. The Balaban J connectivity index is 1.86. The van der Waals surface area contributed by atoms with Gasteiger partial charge in [-0.15, -0.1) is 0 Å². The highest BCUT2D eigenvalue weighted by Gasteiger charge is 2.44. The predicted molar refractivity (Wildman–Crippen MR) is 114 cm³/mol. The lowest BCUT2D eigenvalue weighted by Gasteiger charge is -2.29. The number of phenols is 1. The fourth-order valence-electron chi connectivity index (χ4n) is 3.72. The molecule has 3 rings (SSSR count). The zero-order chi connectivity index (χ0) is 23.4. The molecule has 1 fully saturated rings. The van der Waals surface area contributed by atoms with Crippen LogP contribution in [0.4, 0.5) is 0 Å². The molecule has 0 spiro atoms. The number of aromatic hydroxyl groups is 1. The highest BCUT2D eigenvalue weighted by Crippen LogP contribution is 2.22. The van der Waals surface area contributed by atoms with Crippen molar-refractivity contribution < 1.29 is 34.4 Å². The third kappa shape index (κ3) is 4.90. The maximum atomic E-state index is 13.0. The van der Waals surface area contributed by atoms with E-state index in [9.17, 15) is 29.7 Å². The Morgan fingerprint density at radius 2 is 1.84 bits per heavy atom. The van der Waals surface area contributed by atoms with Crippen LogP contribution in [0.15, 0.2) is 48.5 Å². The van der Waals surface area contributed by atoms with Crippen LogP contribution in [-0.4, -0.2) is 69.0 Å². The number of carbonyl (C=O) groups excluding carboxylic acids is 2. The number of carboxylic acid groups (broad SMARTS) is 1. The maximum absolute atomic E-state index is 13.0. The van der Waals surface area contributed by atoms with Crippen molar-refractivity contribution in [2.75, 3.05) is 6.73 Å². The van der Waals surface area contributed by atoms with E-state index in [1.807, 2.05) is 6.07 Å². The lowest BCUT2D eigenvalue weighted by atomic mass is 9.98. The topological polar surface area (TPSA) is 136 Å². The van der Waals surface area contributed by atoms with Gasteiger partial charge in [-0.3, -0.25) is 9.59 Å². The zero-order valence-electron chi connectivity index (χ0n) is 17.8. The van der Waals surface area contributed by atoms with Crippen LogP contribution in [0.1, 0.15) is 28.4 Å². The fourth-order valence-corrected chi connectivity index (χ4v) is 3.72. The van der Waals surface area contributed by atoms with Crippen LogP contribution in [0.2, 0.25) is 0 Å². The number of ether oxygens (including phenoxy) is 1. The fraction of sp³-hybridized carbons (Fsp3) is 0.348. The quantitative estimate of drug-likeness (QED) is 0.503. The number of nitrogens with zero attached hydrogens (tertiary/aromatic N) is 1. The summed E-state index contributed by atoms with van der Waals surface area (Å²) in [4.78, 5) is 38.5. The first-order chi connectivity index (χ1) is 15.2. The van der Waals surface area contributed by atoms with Gasteiger partial charge in [-0.1, -0.05) is 36.4 Å². The van der Waals surface area contributed by atoms with Crippen LogP contribution in [-0.2, 0) is 20.7 Å². The number of amides is 2. The van der Waals surface area contributed by atoms with Gasteiger partial charge in [-0.2, -0.15) is 0 Å². The van der Waals surface area contributed by atoms with E-state index in [-0.39, 0.29) is 24.5 Å². The molecule has 0 bridgehead atoms. The van der Waals surface area contributed by atoms with Crippen LogP contribution in [0.5, 0.6) is 5.75 Å². The molecule has 2 aromatic carbocycles. The molecule has 2 amide bonds. The molecule has 1 aliphatic heterocycles. The SMILES string of the molecule is Cc1c(O)cccc1C(=O)N[C@@H](Cc1ccccc1)[C@H](O)C(=O)N1CO[C@H](C)[C@H]1C(=O)O. The van der Waals surface area contributed by atoms with Crippen molar-refractivity contribution in [3.63, 3.8) is 0 Å². The highest BCUT2D eigenvalue weighted by molar-refractivity contribution is 5.97. The number of phenolic OH excluding ortho intramolecular Hbond substituents is 1. The number of aliphatic carboxylic acids is 1. The Morgan fingerprint density at radius 1 is 1.16 bits per heavy atom. The lowest BCUT2D eigenvalue weighted by Crippen LogP contribution is -2.55. The van der Waals surface area contributed by atoms with Gasteiger partial charge in [0.15, 0.2) is 12.1 Å². The maximum Gasteiger partial charge on any atom is 0.329 e. The molecule has 32 heavy (non-hydrogen) atoms. The van der Waals surface area contributed by atoms with Crippen LogP contribution < -0.4 is 5.32 Å². The molecule has 0 unspecified atom stereocenters. The third-order valence-corrected chi connectivity index (χ3v) is 5.59. The summed E-state index contributed by atoms with van der Waals surface area (Å²) in [6, 6.07) is 11.2. The minimum Gasteiger partial charge on any atom is -0.508 e. The molecule has 4 atom stereocenters. The van der Waals surface area contributed by atoms with Gasteiger partial charge in [0.05, 0.1) is 12.1 Å². The second kappa shape index (κ2) is 9.80. The largest absolute Gasteiger partial charge is 0.508 e. The highest BCUT2D eigenvalue weighted by atomic mass is 16.5. The van der Waals surface area contributed by atoms with E-state index < -0.39 is 42.1 Å².